The van der Waals surface area contributed by atoms with Crippen molar-refractivity contribution in [3.8, 4) is 0 Å². The molecule has 0 saturated carbocycles. The summed E-state index contributed by atoms with van der Waals surface area (Å²) in [6, 6.07) is 12.2. The van der Waals surface area contributed by atoms with Crippen LogP contribution in [0.1, 0.15) is 17.1 Å². The van der Waals surface area contributed by atoms with E-state index in [1.165, 1.54) is 5.56 Å². The molecule has 82 valence electrons. The highest BCUT2D eigenvalue weighted by atomic mass is 14.9. The molecule has 1 aromatic heterocycles. The van der Waals surface area contributed by atoms with Crippen LogP contribution in [-0.4, -0.2) is 17.0 Å². The molecule has 0 amide bonds. The fourth-order valence-electron chi connectivity index (χ4n) is 1.58. The van der Waals surface area contributed by atoms with Gasteiger partial charge in [0.15, 0.2) is 0 Å². The molecule has 0 saturated heterocycles. The first-order chi connectivity index (χ1) is 7.88. The third-order valence-corrected chi connectivity index (χ3v) is 2.33. The number of benzene rings is 1. The fraction of sp³-hybridized carbons (Fsp3) is 0.231. The first kappa shape index (κ1) is 10.8. The zero-order chi connectivity index (χ0) is 11.2. The summed E-state index contributed by atoms with van der Waals surface area (Å²) in [6.07, 6.45) is 2.61. The van der Waals surface area contributed by atoms with Crippen LogP contribution in [0.5, 0.6) is 0 Å². The summed E-state index contributed by atoms with van der Waals surface area (Å²) in [6.45, 7) is 0.782. The van der Waals surface area contributed by atoms with Crippen molar-refractivity contribution >= 4 is 0 Å². The van der Waals surface area contributed by atoms with E-state index in [2.05, 4.69) is 27.4 Å². The van der Waals surface area contributed by atoms with Gasteiger partial charge in [-0.2, -0.15) is 0 Å². The minimum absolute atomic E-state index is 0.782. The van der Waals surface area contributed by atoms with Crippen molar-refractivity contribution in [2.75, 3.05) is 7.05 Å². The van der Waals surface area contributed by atoms with Crippen LogP contribution >= 0.6 is 0 Å². The summed E-state index contributed by atoms with van der Waals surface area (Å²) in [5.41, 5.74) is 2.27. The van der Waals surface area contributed by atoms with E-state index in [1.54, 1.807) is 0 Å². The van der Waals surface area contributed by atoms with Gasteiger partial charge in [0, 0.05) is 19.2 Å². The Labute approximate surface area is 95.6 Å². The molecule has 0 aliphatic heterocycles. The molecule has 0 aliphatic rings. The molecule has 0 bridgehead atoms. The first-order valence-electron chi connectivity index (χ1n) is 5.38. The highest BCUT2D eigenvalue weighted by molar-refractivity contribution is 5.19. The summed E-state index contributed by atoms with van der Waals surface area (Å²) in [7, 11) is 1.92. The van der Waals surface area contributed by atoms with Gasteiger partial charge in [-0.15, -0.1) is 0 Å². The Morgan fingerprint density at radius 1 is 1.12 bits per heavy atom. The maximum absolute atomic E-state index is 4.48. The van der Waals surface area contributed by atoms with Gasteiger partial charge in [-0.1, -0.05) is 30.3 Å². The van der Waals surface area contributed by atoms with Crippen molar-refractivity contribution in [3.05, 3.63) is 59.7 Å². The van der Waals surface area contributed by atoms with E-state index in [4.69, 9.17) is 0 Å². The molecule has 1 N–H and O–H groups in total. The number of aromatic nitrogens is 2. The fourth-order valence-corrected chi connectivity index (χ4v) is 1.58. The van der Waals surface area contributed by atoms with Gasteiger partial charge in [-0.3, -0.25) is 0 Å². The quantitative estimate of drug-likeness (QED) is 0.841. The second-order valence-electron chi connectivity index (χ2n) is 3.66. The van der Waals surface area contributed by atoms with Gasteiger partial charge < -0.3 is 5.32 Å². The zero-order valence-corrected chi connectivity index (χ0v) is 9.35. The van der Waals surface area contributed by atoms with Crippen LogP contribution in [0, 0.1) is 0 Å². The molecule has 2 rings (SSSR count). The van der Waals surface area contributed by atoms with Gasteiger partial charge in [-0.25, -0.2) is 9.97 Å². The van der Waals surface area contributed by atoms with Crippen LogP contribution in [0.3, 0.4) is 0 Å². The molecule has 0 spiro atoms. The van der Waals surface area contributed by atoms with Crippen LogP contribution in [-0.2, 0) is 13.0 Å². The molecule has 3 nitrogen and oxygen atoms in total. The van der Waals surface area contributed by atoms with Gasteiger partial charge in [0.05, 0.1) is 5.69 Å². The highest BCUT2D eigenvalue weighted by Crippen LogP contribution is 2.05. The average Bonchev–Trinajstić information content (AvgIpc) is 2.31. The molecule has 0 fully saturated rings. The Balaban J connectivity index is 2.12. The molecule has 1 heterocycles. The lowest BCUT2D eigenvalue weighted by Gasteiger charge is -2.03. The predicted octanol–water partition coefficient (Wildman–Crippen LogP) is 1.79. The van der Waals surface area contributed by atoms with Crippen LogP contribution < -0.4 is 5.32 Å². The van der Waals surface area contributed by atoms with Crippen LogP contribution in [0.25, 0.3) is 0 Å². The average molecular weight is 213 g/mol. The molecular weight excluding hydrogens is 198 g/mol. The minimum atomic E-state index is 0.782. The number of hydrogen-bond acceptors (Lipinski definition) is 3. The molecule has 0 radical (unpaired) electrons. The number of nitrogens with one attached hydrogen (secondary N) is 1. The first-order valence-corrected chi connectivity index (χ1v) is 5.38. The third kappa shape index (κ3) is 2.87. The second-order valence-corrected chi connectivity index (χ2v) is 3.66. The molecule has 2 aromatic rings. The van der Waals surface area contributed by atoms with E-state index in [9.17, 15) is 0 Å². The zero-order valence-electron chi connectivity index (χ0n) is 9.35. The largest absolute Gasteiger partial charge is 0.314 e. The van der Waals surface area contributed by atoms with E-state index in [-0.39, 0.29) is 0 Å². The maximum Gasteiger partial charge on any atom is 0.132 e. The van der Waals surface area contributed by atoms with Gasteiger partial charge in [0.25, 0.3) is 0 Å². The standard InChI is InChI=1S/C13H15N3/c1-14-10-12-7-8-15-13(16-12)9-11-5-3-2-4-6-11/h2-8,14H,9-10H2,1H3. The van der Waals surface area contributed by atoms with Crippen LogP contribution in [0.15, 0.2) is 42.6 Å². The lowest BCUT2D eigenvalue weighted by atomic mass is 10.1. The smallest absolute Gasteiger partial charge is 0.132 e. The summed E-state index contributed by atoms with van der Waals surface area (Å²) < 4.78 is 0. The SMILES string of the molecule is CNCc1ccnc(Cc2ccccc2)n1. The molecule has 0 aliphatic carbocycles. The Kier molecular flexibility index (Phi) is 3.62. The Morgan fingerprint density at radius 2 is 1.94 bits per heavy atom. The Hall–Kier alpha value is -1.74. The lowest BCUT2D eigenvalue weighted by molar-refractivity contribution is 0.772. The van der Waals surface area contributed by atoms with E-state index in [0.717, 1.165) is 24.5 Å². The van der Waals surface area contributed by atoms with Gasteiger partial charge in [0.2, 0.25) is 0 Å². The molecule has 16 heavy (non-hydrogen) atoms. The molecule has 0 atom stereocenters. The summed E-state index contributed by atoms with van der Waals surface area (Å²) in [5, 5.41) is 3.08. The lowest BCUT2D eigenvalue weighted by Crippen LogP contribution is -2.08. The molecule has 3 heteroatoms. The van der Waals surface area contributed by atoms with Crippen molar-refractivity contribution in [1.82, 2.24) is 15.3 Å². The van der Waals surface area contributed by atoms with E-state index in [0.29, 0.717) is 0 Å². The number of nitrogens with zero attached hydrogens (tertiary/aromatic N) is 2. The molecule has 0 unspecified atom stereocenters. The highest BCUT2D eigenvalue weighted by Gasteiger charge is 2.00. The number of rotatable bonds is 4. The van der Waals surface area contributed by atoms with Gasteiger partial charge in [-0.05, 0) is 18.7 Å². The van der Waals surface area contributed by atoms with Crippen LogP contribution in [0.2, 0.25) is 0 Å². The monoisotopic (exact) mass is 213 g/mol. The Morgan fingerprint density at radius 3 is 2.69 bits per heavy atom. The van der Waals surface area contributed by atoms with Crippen molar-refractivity contribution in [1.29, 1.82) is 0 Å². The van der Waals surface area contributed by atoms with E-state index < -0.39 is 0 Å². The number of hydrogen-bond donors (Lipinski definition) is 1. The van der Waals surface area contributed by atoms with Crippen molar-refractivity contribution < 1.29 is 0 Å². The molecular formula is C13H15N3. The topological polar surface area (TPSA) is 37.8 Å². The summed E-state index contributed by atoms with van der Waals surface area (Å²) >= 11 is 0. The Bertz CT molecular complexity index is 440. The normalized spacial score (nSPS) is 10.3. The van der Waals surface area contributed by atoms with Crippen molar-refractivity contribution in [3.63, 3.8) is 0 Å². The van der Waals surface area contributed by atoms with Crippen LogP contribution in [0.4, 0.5) is 0 Å². The summed E-state index contributed by atoms with van der Waals surface area (Å²) in [5.74, 6) is 0.874. The summed E-state index contributed by atoms with van der Waals surface area (Å²) in [4.78, 5) is 8.76. The molecule has 1 aromatic carbocycles. The second kappa shape index (κ2) is 5.37. The van der Waals surface area contributed by atoms with E-state index >= 15 is 0 Å². The maximum atomic E-state index is 4.48. The van der Waals surface area contributed by atoms with Crippen molar-refractivity contribution in [2.24, 2.45) is 0 Å². The third-order valence-electron chi connectivity index (χ3n) is 2.33. The minimum Gasteiger partial charge on any atom is -0.314 e. The van der Waals surface area contributed by atoms with Crippen molar-refractivity contribution in [2.45, 2.75) is 13.0 Å². The van der Waals surface area contributed by atoms with Gasteiger partial charge >= 0.3 is 0 Å². The van der Waals surface area contributed by atoms with E-state index in [1.807, 2.05) is 37.5 Å². The predicted molar refractivity (Wildman–Crippen MR) is 64.0 cm³/mol. The van der Waals surface area contributed by atoms with Gasteiger partial charge in [0.1, 0.15) is 5.82 Å².